The second kappa shape index (κ2) is 6.60. The zero-order valence-corrected chi connectivity index (χ0v) is 12.3. The molecule has 7 heteroatoms. The molecule has 0 radical (unpaired) electrons. The third-order valence-electron chi connectivity index (χ3n) is 3.55. The topological polar surface area (TPSA) is 41.0 Å². The molecule has 2 rings (SSSR count). The van der Waals surface area contributed by atoms with E-state index in [9.17, 15) is 13.2 Å². The molecule has 0 aliphatic carbocycles. The summed E-state index contributed by atoms with van der Waals surface area (Å²) < 4.78 is 38.1. The number of aromatic nitrogens is 2. The summed E-state index contributed by atoms with van der Waals surface area (Å²) in [6.07, 6.45) is -1.22. The fraction of sp³-hybridized carbons (Fsp3) is 0.714. The van der Waals surface area contributed by atoms with Crippen molar-refractivity contribution >= 4 is 5.95 Å². The predicted molar refractivity (Wildman–Crippen MR) is 75.1 cm³/mol. The van der Waals surface area contributed by atoms with Crippen molar-refractivity contribution in [3.05, 3.63) is 18.0 Å². The van der Waals surface area contributed by atoms with Crippen molar-refractivity contribution in [3.63, 3.8) is 0 Å². The standard InChI is InChI=1S/C14H21F3N4/c1-10(2)19-8-11-4-3-7-21(9-11)13-18-6-5-12(20-13)14(15,16)17/h5-6,10-11,19H,3-4,7-9H2,1-2H3. The van der Waals surface area contributed by atoms with Crippen LogP contribution in [0.15, 0.2) is 12.3 Å². The fourth-order valence-corrected chi connectivity index (χ4v) is 2.47. The Morgan fingerprint density at radius 2 is 2.19 bits per heavy atom. The molecule has 0 saturated carbocycles. The molecule has 2 heterocycles. The van der Waals surface area contributed by atoms with E-state index in [1.807, 2.05) is 4.90 Å². The van der Waals surface area contributed by atoms with Gasteiger partial charge in [0.05, 0.1) is 0 Å². The Morgan fingerprint density at radius 1 is 1.43 bits per heavy atom. The Kier molecular flexibility index (Phi) is 5.03. The average Bonchev–Trinajstić information content (AvgIpc) is 2.45. The van der Waals surface area contributed by atoms with E-state index in [0.717, 1.165) is 25.5 Å². The summed E-state index contributed by atoms with van der Waals surface area (Å²) in [7, 11) is 0. The molecular formula is C14H21F3N4. The van der Waals surface area contributed by atoms with Crippen molar-refractivity contribution in [1.82, 2.24) is 15.3 Å². The first-order chi connectivity index (χ1) is 9.86. The quantitative estimate of drug-likeness (QED) is 0.928. The van der Waals surface area contributed by atoms with Gasteiger partial charge in [-0.2, -0.15) is 13.2 Å². The highest BCUT2D eigenvalue weighted by Crippen LogP contribution is 2.29. The van der Waals surface area contributed by atoms with E-state index in [-0.39, 0.29) is 5.95 Å². The van der Waals surface area contributed by atoms with Gasteiger partial charge in [-0.3, -0.25) is 0 Å². The molecule has 1 fully saturated rings. The van der Waals surface area contributed by atoms with Crippen LogP contribution in [0.4, 0.5) is 19.1 Å². The molecule has 1 unspecified atom stereocenters. The number of anilines is 1. The largest absolute Gasteiger partial charge is 0.433 e. The number of rotatable bonds is 4. The highest BCUT2D eigenvalue weighted by Gasteiger charge is 2.33. The molecule has 21 heavy (non-hydrogen) atoms. The van der Waals surface area contributed by atoms with E-state index in [1.54, 1.807) is 0 Å². The summed E-state index contributed by atoms with van der Waals surface area (Å²) in [4.78, 5) is 9.52. The lowest BCUT2D eigenvalue weighted by Gasteiger charge is -2.33. The zero-order chi connectivity index (χ0) is 15.5. The number of alkyl halides is 3. The summed E-state index contributed by atoms with van der Waals surface area (Å²) in [6, 6.07) is 1.32. The van der Waals surface area contributed by atoms with E-state index < -0.39 is 11.9 Å². The SMILES string of the molecule is CC(C)NCC1CCCN(c2nccc(C(F)(F)F)n2)C1. The minimum atomic E-state index is -4.42. The summed E-state index contributed by atoms with van der Waals surface area (Å²) in [5.74, 6) is 0.596. The maximum Gasteiger partial charge on any atom is 0.433 e. The van der Waals surface area contributed by atoms with Crippen molar-refractivity contribution in [1.29, 1.82) is 0 Å². The lowest BCUT2D eigenvalue weighted by Crippen LogP contribution is -2.41. The maximum atomic E-state index is 12.7. The summed E-state index contributed by atoms with van der Waals surface area (Å²) in [5.41, 5.74) is -0.880. The molecule has 0 spiro atoms. The Morgan fingerprint density at radius 3 is 2.86 bits per heavy atom. The number of hydrogen-bond acceptors (Lipinski definition) is 4. The van der Waals surface area contributed by atoms with Crippen molar-refractivity contribution in [3.8, 4) is 0 Å². The first-order valence-corrected chi connectivity index (χ1v) is 7.25. The molecule has 1 saturated heterocycles. The first-order valence-electron chi connectivity index (χ1n) is 7.25. The molecule has 118 valence electrons. The van der Waals surface area contributed by atoms with Crippen LogP contribution in [0.5, 0.6) is 0 Å². The molecule has 1 aliphatic heterocycles. The van der Waals surface area contributed by atoms with E-state index in [0.29, 0.717) is 25.0 Å². The molecule has 1 atom stereocenters. The molecule has 1 aromatic heterocycles. The van der Waals surface area contributed by atoms with Gasteiger partial charge in [-0.25, -0.2) is 9.97 Å². The van der Waals surface area contributed by atoms with Gasteiger partial charge in [-0.1, -0.05) is 13.8 Å². The smallest absolute Gasteiger partial charge is 0.340 e. The number of piperidine rings is 1. The number of nitrogens with zero attached hydrogens (tertiary/aromatic N) is 3. The Bertz CT molecular complexity index is 462. The zero-order valence-electron chi connectivity index (χ0n) is 12.3. The van der Waals surface area contributed by atoms with E-state index in [2.05, 4.69) is 29.1 Å². The first kappa shape index (κ1) is 16.0. The van der Waals surface area contributed by atoms with Crippen LogP contribution in [0.25, 0.3) is 0 Å². The van der Waals surface area contributed by atoms with Crippen molar-refractivity contribution < 1.29 is 13.2 Å². The van der Waals surface area contributed by atoms with Crippen molar-refractivity contribution in [2.24, 2.45) is 5.92 Å². The van der Waals surface area contributed by atoms with E-state index in [4.69, 9.17) is 0 Å². The minimum absolute atomic E-state index is 0.180. The van der Waals surface area contributed by atoms with Crippen molar-refractivity contribution in [2.75, 3.05) is 24.5 Å². The van der Waals surface area contributed by atoms with Gasteiger partial charge >= 0.3 is 6.18 Å². The van der Waals surface area contributed by atoms with Crippen molar-refractivity contribution in [2.45, 2.75) is 38.9 Å². The van der Waals surface area contributed by atoms with E-state index in [1.165, 1.54) is 6.20 Å². The molecule has 0 amide bonds. The molecular weight excluding hydrogens is 281 g/mol. The van der Waals surface area contributed by atoms with Gasteiger partial charge in [0.25, 0.3) is 0 Å². The lowest BCUT2D eigenvalue weighted by atomic mass is 9.98. The minimum Gasteiger partial charge on any atom is -0.340 e. The molecule has 1 aromatic rings. The molecule has 0 aromatic carbocycles. The van der Waals surface area contributed by atoms with E-state index >= 15 is 0 Å². The second-order valence-electron chi connectivity index (χ2n) is 5.76. The Balaban J connectivity index is 2.04. The summed E-state index contributed by atoms with van der Waals surface area (Å²) in [6.45, 7) is 6.43. The monoisotopic (exact) mass is 302 g/mol. The van der Waals surface area contributed by atoms with Gasteiger partial charge in [-0.15, -0.1) is 0 Å². The molecule has 1 N–H and O–H groups in total. The van der Waals surface area contributed by atoms with Crippen LogP contribution in [0, 0.1) is 5.92 Å². The average molecular weight is 302 g/mol. The van der Waals surface area contributed by atoms with Gasteiger partial charge in [-0.05, 0) is 31.4 Å². The van der Waals surface area contributed by atoms with Gasteiger partial charge in [0, 0.05) is 25.3 Å². The van der Waals surface area contributed by atoms with Gasteiger partial charge in [0.15, 0.2) is 0 Å². The third-order valence-corrected chi connectivity index (χ3v) is 3.55. The number of hydrogen-bond donors (Lipinski definition) is 1. The van der Waals surface area contributed by atoms with Crippen LogP contribution in [0.2, 0.25) is 0 Å². The molecule has 4 nitrogen and oxygen atoms in total. The Labute approximate surface area is 122 Å². The van der Waals surface area contributed by atoms with Crippen LogP contribution >= 0.6 is 0 Å². The van der Waals surface area contributed by atoms with Gasteiger partial charge in [0.1, 0.15) is 5.69 Å². The molecule has 1 aliphatic rings. The Hall–Kier alpha value is -1.37. The third kappa shape index (κ3) is 4.56. The van der Waals surface area contributed by atoms with Crippen LogP contribution in [0.3, 0.4) is 0 Å². The maximum absolute atomic E-state index is 12.7. The number of halogens is 3. The highest BCUT2D eigenvalue weighted by molar-refractivity contribution is 5.31. The van der Waals surface area contributed by atoms with Crippen LogP contribution in [-0.2, 0) is 6.18 Å². The van der Waals surface area contributed by atoms with Gasteiger partial charge in [0.2, 0.25) is 5.95 Å². The predicted octanol–water partition coefficient (Wildman–Crippen LogP) is 2.71. The highest BCUT2D eigenvalue weighted by atomic mass is 19.4. The van der Waals surface area contributed by atoms with Gasteiger partial charge < -0.3 is 10.2 Å². The number of nitrogens with one attached hydrogen (secondary N) is 1. The van der Waals surface area contributed by atoms with Crippen LogP contribution < -0.4 is 10.2 Å². The van der Waals surface area contributed by atoms with Crippen LogP contribution in [0.1, 0.15) is 32.4 Å². The summed E-state index contributed by atoms with van der Waals surface area (Å²) >= 11 is 0. The summed E-state index contributed by atoms with van der Waals surface area (Å²) in [5, 5.41) is 3.38. The normalized spacial score (nSPS) is 20.1. The second-order valence-corrected chi connectivity index (χ2v) is 5.76. The lowest BCUT2D eigenvalue weighted by molar-refractivity contribution is -0.141. The van der Waals surface area contributed by atoms with Crippen LogP contribution in [-0.4, -0.2) is 35.6 Å². The molecule has 0 bridgehead atoms. The fourth-order valence-electron chi connectivity index (χ4n) is 2.47.